The number of aromatic amines is 1. The molecule has 0 aliphatic rings. The second kappa shape index (κ2) is 3.34. The maximum atomic E-state index is 3.52. The highest BCUT2D eigenvalue weighted by Crippen LogP contribution is 2.25. The summed E-state index contributed by atoms with van der Waals surface area (Å²) in [5.41, 5.74) is 3.85. The molecule has 0 amide bonds. The van der Waals surface area contributed by atoms with E-state index in [0.717, 1.165) is 6.42 Å². The third-order valence-electron chi connectivity index (χ3n) is 3.26. The van der Waals surface area contributed by atoms with E-state index < -0.39 is 0 Å². The zero-order valence-electron chi connectivity index (χ0n) is 9.62. The van der Waals surface area contributed by atoms with Gasteiger partial charge in [0, 0.05) is 28.8 Å². The summed E-state index contributed by atoms with van der Waals surface area (Å²) in [6.07, 6.45) is 3.18. The van der Waals surface area contributed by atoms with Crippen LogP contribution in [0.2, 0.25) is 0 Å². The molecule has 2 heterocycles. The number of benzene rings is 1. The summed E-state index contributed by atoms with van der Waals surface area (Å²) in [5.74, 6) is 0. The number of aryl methyl sites for hydroxylation is 2. The molecule has 1 aromatic carbocycles. The van der Waals surface area contributed by atoms with E-state index in [-0.39, 0.29) is 0 Å². The summed E-state index contributed by atoms with van der Waals surface area (Å²) in [7, 11) is 2.10. The minimum atomic E-state index is 1.04. The average molecular weight is 211 g/mol. The molecular formula is C14H15N2+. The topological polar surface area (TPSA) is 19.7 Å². The van der Waals surface area contributed by atoms with E-state index in [1.165, 1.54) is 27.5 Å². The Balaban J connectivity index is 2.54. The summed E-state index contributed by atoms with van der Waals surface area (Å²) in [5, 5.41) is 2.64. The minimum Gasteiger partial charge on any atom is -0.349 e. The number of rotatable bonds is 1. The number of pyridine rings is 1. The molecule has 1 N–H and O–H groups in total. The molecule has 0 saturated heterocycles. The fourth-order valence-electron chi connectivity index (χ4n) is 2.44. The second-order valence-electron chi connectivity index (χ2n) is 4.19. The highest BCUT2D eigenvalue weighted by atomic mass is 14.9. The average Bonchev–Trinajstić information content (AvgIpc) is 2.67. The summed E-state index contributed by atoms with van der Waals surface area (Å²) in [6.45, 7) is 2.19. The first-order valence-corrected chi connectivity index (χ1v) is 5.69. The first-order valence-electron chi connectivity index (χ1n) is 5.69. The molecule has 2 nitrogen and oxygen atoms in total. The molecule has 16 heavy (non-hydrogen) atoms. The van der Waals surface area contributed by atoms with Crippen LogP contribution in [0, 0.1) is 0 Å². The van der Waals surface area contributed by atoms with Gasteiger partial charge >= 0.3 is 0 Å². The van der Waals surface area contributed by atoms with Gasteiger partial charge in [0.15, 0.2) is 6.20 Å². The number of hydrogen-bond acceptors (Lipinski definition) is 0. The van der Waals surface area contributed by atoms with Crippen molar-refractivity contribution in [3.05, 3.63) is 42.2 Å². The first-order chi connectivity index (χ1) is 7.81. The molecular weight excluding hydrogens is 196 g/mol. The van der Waals surface area contributed by atoms with Crippen LogP contribution in [-0.2, 0) is 13.5 Å². The molecule has 2 heteroatoms. The normalized spacial score (nSPS) is 11.4. The zero-order chi connectivity index (χ0) is 11.1. The number of H-pyrrole nitrogens is 1. The summed E-state index contributed by atoms with van der Waals surface area (Å²) < 4.78 is 2.19. The molecule has 0 radical (unpaired) electrons. The molecule has 0 fully saturated rings. The first kappa shape index (κ1) is 9.40. The predicted octanol–water partition coefficient (Wildman–Crippen LogP) is 2.71. The number of nitrogens with one attached hydrogen (secondary N) is 1. The van der Waals surface area contributed by atoms with Crippen LogP contribution in [0.5, 0.6) is 0 Å². The van der Waals surface area contributed by atoms with Gasteiger partial charge in [-0.05, 0) is 6.07 Å². The number of fused-ring (bicyclic) bond motifs is 3. The third kappa shape index (κ3) is 1.16. The van der Waals surface area contributed by atoms with Gasteiger partial charge < -0.3 is 4.98 Å². The van der Waals surface area contributed by atoms with E-state index in [0.29, 0.717) is 0 Å². The summed E-state index contributed by atoms with van der Waals surface area (Å²) in [4.78, 5) is 3.52. The van der Waals surface area contributed by atoms with Crippen LogP contribution in [0.4, 0.5) is 0 Å². The van der Waals surface area contributed by atoms with Gasteiger partial charge in [-0.25, -0.2) is 4.57 Å². The van der Waals surface area contributed by atoms with Crippen molar-refractivity contribution in [1.82, 2.24) is 4.98 Å². The fraction of sp³-hybridized carbons (Fsp3) is 0.214. The zero-order valence-corrected chi connectivity index (χ0v) is 9.62. The number of hydrogen-bond donors (Lipinski definition) is 1. The van der Waals surface area contributed by atoms with Crippen LogP contribution in [-0.4, -0.2) is 4.98 Å². The Kier molecular flexibility index (Phi) is 1.96. The fourth-order valence-corrected chi connectivity index (χ4v) is 2.44. The standard InChI is InChI=1S/C14H14N2/c1-3-13-14-11(8-9-16(13)2)10-6-4-5-7-12(10)15-14/h4-9H,3H2,1-2H3/p+1. The molecule has 2 aromatic heterocycles. The van der Waals surface area contributed by atoms with Crippen molar-refractivity contribution >= 4 is 21.8 Å². The Morgan fingerprint density at radius 3 is 2.75 bits per heavy atom. The van der Waals surface area contributed by atoms with Crippen molar-refractivity contribution in [2.24, 2.45) is 7.05 Å². The maximum absolute atomic E-state index is 3.52. The highest BCUT2D eigenvalue weighted by Gasteiger charge is 2.13. The van der Waals surface area contributed by atoms with Crippen LogP contribution < -0.4 is 4.57 Å². The lowest BCUT2D eigenvalue weighted by Gasteiger charge is -1.97. The predicted molar refractivity (Wildman–Crippen MR) is 66.4 cm³/mol. The molecule has 0 unspecified atom stereocenters. The lowest BCUT2D eigenvalue weighted by molar-refractivity contribution is -0.677. The third-order valence-corrected chi connectivity index (χ3v) is 3.26. The van der Waals surface area contributed by atoms with E-state index >= 15 is 0 Å². The summed E-state index contributed by atoms with van der Waals surface area (Å²) >= 11 is 0. The van der Waals surface area contributed by atoms with E-state index in [4.69, 9.17) is 0 Å². The minimum absolute atomic E-state index is 1.04. The van der Waals surface area contributed by atoms with Crippen molar-refractivity contribution in [1.29, 1.82) is 0 Å². The maximum Gasteiger partial charge on any atom is 0.205 e. The molecule has 0 saturated carbocycles. The Hall–Kier alpha value is -1.83. The van der Waals surface area contributed by atoms with Crippen molar-refractivity contribution in [2.75, 3.05) is 0 Å². The molecule has 80 valence electrons. The van der Waals surface area contributed by atoms with Gasteiger partial charge in [-0.2, -0.15) is 0 Å². The van der Waals surface area contributed by atoms with Gasteiger partial charge in [0.1, 0.15) is 12.6 Å². The van der Waals surface area contributed by atoms with Gasteiger partial charge in [0.05, 0.1) is 0 Å². The Morgan fingerprint density at radius 2 is 1.94 bits per heavy atom. The van der Waals surface area contributed by atoms with Crippen molar-refractivity contribution in [3.63, 3.8) is 0 Å². The van der Waals surface area contributed by atoms with Crippen molar-refractivity contribution in [3.8, 4) is 0 Å². The monoisotopic (exact) mass is 211 g/mol. The molecule has 3 rings (SSSR count). The molecule has 0 bridgehead atoms. The van der Waals surface area contributed by atoms with Gasteiger partial charge in [-0.1, -0.05) is 25.1 Å². The SMILES string of the molecule is CCc1c2[nH]c3ccccc3c2cc[n+]1C. The Labute approximate surface area is 94.5 Å². The van der Waals surface area contributed by atoms with Crippen LogP contribution in [0.25, 0.3) is 21.8 Å². The Bertz CT molecular complexity index is 665. The summed E-state index contributed by atoms with van der Waals surface area (Å²) in [6, 6.07) is 10.7. The lowest BCUT2D eigenvalue weighted by Crippen LogP contribution is -2.32. The van der Waals surface area contributed by atoms with Gasteiger partial charge in [-0.3, -0.25) is 0 Å². The van der Waals surface area contributed by atoms with Gasteiger partial charge in [-0.15, -0.1) is 0 Å². The van der Waals surface area contributed by atoms with Crippen LogP contribution in [0.15, 0.2) is 36.5 Å². The van der Waals surface area contributed by atoms with Gasteiger partial charge in [0.25, 0.3) is 0 Å². The lowest BCUT2D eigenvalue weighted by atomic mass is 10.1. The van der Waals surface area contributed by atoms with Crippen LogP contribution in [0.1, 0.15) is 12.6 Å². The van der Waals surface area contributed by atoms with E-state index in [2.05, 4.69) is 60.1 Å². The van der Waals surface area contributed by atoms with Gasteiger partial charge in [0.2, 0.25) is 5.69 Å². The molecule has 0 spiro atoms. The molecule has 0 aliphatic heterocycles. The molecule has 3 aromatic rings. The quantitative estimate of drug-likeness (QED) is 0.597. The number of para-hydroxylation sites is 1. The van der Waals surface area contributed by atoms with Crippen molar-refractivity contribution < 1.29 is 4.57 Å². The second-order valence-corrected chi connectivity index (χ2v) is 4.19. The highest BCUT2D eigenvalue weighted by molar-refractivity contribution is 6.07. The van der Waals surface area contributed by atoms with E-state index in [1.807, 2.05) is 0 Å². The number of aromatic nitrogens is 2. The smallest absolute Gasteiger partial charge is 0.205 e. The largest absolute Gasteiger partial charge is 0.349 e. The van der Waals surface area contributed by atoms with Crippen LogP contribution in [0.3, 0.4) is 0 Å². The molecule has 0 aliphatic carbocycles. The number of nitrogens with zero attached hydrogens (tertiary/aromatic N) is 1. The Morgan fingerprint density at radius 1 is 1.12 bits per heavy atom. The van der Waals surface area contributed by atoms with Crippen molar-refractivity contribution in [2.45, 2.75) is 13.3 Å². The van der Waals surface area contributed by atoms with E-state index in [9.17, 15) is 0 Å². The van der Waals surface area contributed by atoms with Crippen LogP contribution >= 0.6 is 0 Å². The van der Waals surface area contributed by atoms with E-state index in [1.54, 1.807) is 0 Å². The molecule has 0 atom stereocenters.